The van der Waals surface area contributed by atoms with Crippen molar-refractivity contribution in [2.24, 2.45) is 36.4 Å². The van der Waals surface area contributed by atoms with Gasteiger partial charge in [0.05, 0.1) is 46.6 Å². The summed E-state index contributed by atoms with van der Waals surface area (Å²) in [6.45, 7) is 2.81. The number of nitrogens with zero attached hydrogens (tertiary/aromatic N) is 9. The van der Waals surface area contributed by atoms with Crippen molar-refractivity contribution in [1.29, 1.82) is 0 Å². The maximum absolute atomic E-state index is 12.8. The molecule has 0 fully saturated rings. The molecule has 0 saturated carbocycles. The van der Waals surface area contributed by atoms with Crippen LogP contribution in [0.4, 0.5) is 32.9 Å². The molecule has 26 nitrogen and oxygen atoms in total. The molecule has 7 N–H and O–H groups in total. The smallest absolute Gasteiger partial charge is 0.298 e. The number of hydrogen-bond acceptors (Lipinski definition) is 21. The van der Waals surface area contributed by atoms with Crippen molar-refractivity contribution >= 4 is 118 Å². The summed E-state index contributed by atoms with van der Waals surface area (Å²) in [6.07, 6.45) is -0.179. The molecule has 8 aromatic rings. The number of para-hydroxylation sites is 2. The fourth-order valence-corrected chi connectivity index (χ4v) is 10.8. The van der Waals surface area contributed by atoms with Crippen molar-refractivity contribution in [3.05, 3.63) is 102 Å². The Bertz CT molecular complexity index is 4220. The molecule has 0 atom stereocenters. The molecular formula is C43H36N10O16S5. The summed E-state index contributed by atoms with van der Waals surface area (Å²) in [4.78, 5) is 19.3. The van der Waals surface area contributed by atoms with E-state index < -0.39 is 78.4 Å². The van der Waals surface area contributed by atoms with Gasteiger partial charge in [-0.2, -0.15) is 33.7 Å². The number of fused-ring (bicyclic) bond motifs is 4. The maximum atomic E-state index is 12.8. The number of thiazole rings is 1. The molecule has 0 radical (unpaired) electrons. The van der Waals surface area contributed by atoms with Crippen LogP contribution in [0.3, 0.4) is 0 Å². The average molecular weight is 1110 g/mol. The first-order valence-corrected chi connectivity index (χ1v) is 27.6. The number of aryl methyl sites for hydroxylation is 1. The van der Waals surface area contributed by atoms with E-state index in [-0.39, 0.29) is 90.5 Å². The predicted molar refractivity (Wildman–Crippen MR) is 265 cm³/mol. The van der Waals surface area contributed by atoms with Crippen molar-refractivity contribution in [3.63, 3.8) is 0 Å². The van der Waals surface area contributed by atoms with Gasteiger partial charge in [0.25, 0.3) is 46.4 Å². The summed E-state index contributed by atoms with van der Waals surface area (Å²) in [6, 6.07) is 18.7. The highest BCUT2D eigenvalue weighted by molar-refractivity contribution is 7.87. The number of hydrogen-bond donors (Lipinski definition) is 6. The average Bonchev–Trinajstić information content (AvgIpc) is 3.91. The number of carbonyl (C=O) groups is 1. The van der Waals surface area contributed by atoms with Crippen LogP contribution in [-0.2, 0) is 40.5 Å². The molecule has 74 heavy (non-hydrogen) atoms. The van der Waals surface area contributed by atoms with Crippen LogP contribution in [0.1, 0.15) is 27.9 Å². The lowest BCUT2D eigenvalue weighted by Gasteiger charge is -2.12. The number of ether oxygens (including phenoxy) is 2. The van der Waals surface area contributed by atoms with Gasteiger partial charge in [0.2, 0.25) is 11.0 Å². The van der Waals surface area contributed by atoms with Crippen molar-refractivity contribution in [1.82, 2.24) is 14.4 Å². The lowest BCUT2D eigenvalue weighted by atomic mass is 10.0. The minimum Gasteiger partial charge on any atom is -0.495 e. The molecule has 0 aliphatic carbocycles. The van der Waals surface area contributed by atoms with Crippen LogP contribution in [0.15, 0.2) is 130 Å². The van der Waals surface area contributed by atoms with Crippen molar-refractivity contribution in [2.75, 3.05) is 19.5 Å². The van der Waals surface area contributed by atoms with E-state index in [2.05, 4.69) is 40.7 Å². The molecule has 0 aliphatic heterocycles. The number of methoxy groups -OCH3 is 1. The van der Waals surface area contributed by atoms with Gasteiger partial charge in [-0.3, -0.25) is 27.4 Å². The first-order valence-electron chi connectivity index (χ1n) is 20.8. The van der Waals surface area contributed by atoms with Crippen LogP contribution >= 0.6 is 11.3 Å². The lowest BCUT2D eigenvalue weighted by Crippen LogP contribution is -2.15. The highest BCUT2D eigenvalue weighted by atomic mass is 32.2. The molecule has 3 aromatic heterocycles. The third-order valence-electron chi connectivity index (χ3n) is 10.8. The highest BCUT2D eigenvalue weighted by Crippen LogP contribution is 2.45. The van der Waals surface area contributed by atoms with E-state index in [0.29, 0.717) is 22.7 Å². The zero-order valence-corrected chi connectivity index (χ0v) is 42.2. The monoisotopic (exact) mass is 1110 g/mol. The summed E-state index contributed by atoms with van der Waals surface area (Å²) >= 11 is 0.734. The van der Waals surface area contributed by atoms with Crippen molar-refractivity contribution in [2.45, 2.75) is 35.0 Å². The molecule has 0 saturated heterocycles. The van der Waals surface area contributed by atoms with E-state index in [4.69, 9.17) is 15.2 Å². The molecule has 31 heteroatoms. The minimum absolute atomic E-state index is 0.00274. The topological polar surface area (TPSA) is 404 Å². The molecule has 3 heterocycles. The summed E-state index contributed by atoms with van der Waals surface area (Å²) in [5, 5.41) is 36.9. The number of azo groups is 3. The lowest BCUT2D eigenvalue weighted by molar-refractivity contribution is 0.100. The Morgan fingerprint density at radius 3 is 2.14 bits per heavy atom. The SMILES string of the molecule is COc1ccc2cc(-c3nc(N=Nc4cc(OCCCS(=O)(=O)O)c(N=Nc5c(C)c(C(N)=O)c6nc7ccccc7n6c5O)cc4C)sc3N=Nc3ccc(S(=O)(=O)O)cc3S(=O)(=O)O)ccc2c1S(=O)(=O)O. The molecule has 0 spiro atoms. The Labute approximate surface area is 422 Å². The second kappa shape index (κ2) is 19.9. The van der Waals surface area contributed by atoms with Crippen molar-refractivity contribution < 1.29 is 71.3 Å². The zero-order chi connectivity index (χ0) is 53.7. The zero-order valence-electron chi connectivity index (χ0n) is 38.1. The van der Waals surface area contributed by atoms with E-state index in [1.54, 1.807) is 31.2 Å². The molecule has 8 rings (SSSR count). The van der Waals surface area contributed by atoms with Crippen LogP contribution < -0.4 is 15.2 Å². The number of imidazole rings is 1. The van der Waals surface area contributed by atoms with Crippen LogP contribution in [-0.4, -0.2) is 96.7 Å². The van der Waals surface area contributed by atoms with Crippen LogP contribution in [0.2, 0.25) is 0 Å². The van der Waals surface area contributed by atoms with Gasteiger partial charge >= 0.3 is 0 Å². The third kappa shape index (κ3) is 10.9. The largest absolute Gasteiger partial charge is 0.495 e. The van der Waals surface area contributed by atoms with E-state index >= 15 is 0 Å². The van der Waals surface area contributed by atoms with Crippen LogP contribution in [0.25, 0.3) is 38.7 Å². The van der Waals surface area contributed by atoms with Gasteiger partial charge in [-0.25, -0.2) is 9.97 Å². The normalized spacial score (nSPS) is 12.9. The highest BCUT2D eigenvalue weighted by Gasteiger charge is 2.26. The van der Waals surface area contributed by atoms with E-state index in [1.165, 1.54) is 60.9 Å². The predicted octanol–water partition coefficient (Wildman–Crippen LogP) is 8.84. The summed E-state index contributed by atoms with van der Waals surface area (Å²) < 4.78 is 147. The number of aromatic hydroxyl groups is 1. The van der Waals surface area contributed by atoms with Crippen LogP contribution in [0.5, 0.6) is 17.4 Å². The number of primary amides is 1. The Hall–Kier alpha value is -7.75. The van der Waals surface area contributed by atoms with Gasteiger partial charge in [-0.1, -0.05) is 41.7 Å². The number of carbonyl (C=O) groups excluding carboxylic acids is 1. The Kier molecular flexibility index (Phi) is 14.2. The maximum Gasteiger partial charge on any atom is 0.298 e. The molecule has 0 unspecified atom stereocenters. The van der Waals surface area contributed by atoms with Gasteiger partial charge in [0.1, 0.15) is 44.0 Å². The Balaban J connectivity index is 1.23. The van der Waals surface area contributed by atoms with E-state index in [9.17, 15) is 61.8 Å². The van der Waals surface area contributed by atoms with Gasteiger partial charge in [-0.15, -0.1) is 30.7 Å². The third-order valence-corrected chi connectivity index (χ3v) is 15.1. The first-order chi connectivity index (χ1) is 34.7. The van der Waals surface area contributed by atoms with Crippen molar-refractivity contribution in [3.8, 4) is 28.6 Å². The molecular weight excluding hydrogens is 1070 g/mol. The number of amides is 1. The fraction of sp³-hybridized carbons (Fsp3) is 0.140. The Morgan fingerprint density at radius 1 is 0.743 bits per heavy atom. The number of rotatable bonds is 17. The molecule has 0 bridgehead atoms. The summed E-state index contributed by atoms with van der Waals surface area (Å²) in [7, 11) is -18.1. The second-order valence-corrected chi connectivity index (χ2v) is 22.4. The molecule has 0 aliphatic rings. The van der Waals surface area contributed by atoms with Gasteiger partial charge in [0.15, 0.2) is 10.6 Å². The number of pyridine rings is 1. The molecule has 1 amide bonds. The van der Waals surface area contributed by atoms with Gasteiger partial charge in [0, 0.05) is 17.0 Å². The van der Waals surface area contributed by atoms with E-state index in [1.807, 2.05) is 0 Å². The van der Waals surface area contributed by atoms with Gasteiger partial charge in [-0.05, 0) is 85.3 Å². The Morgan fingerprint density at radius 2 is 1.46 bits per heavy atom. The standard InChI is InChI=1S/C43H36N10O16S5/c1-21-17-30(49-50-36-22(2)35(39(44)54)40-45-27-7-4-5-8-31(27)53(40)42(36)55)33(69-15-6-16-71(56,57)58)20-29(21)48-52-43-46-37(24-9-12-26-23(18-24)10-14-32(68-3)38(26)74(65,66)67)41(70-43)51-47-28-13-11-25(72(59,60)61)19-34(28)73(62,63)64/h4-5,7-14,17-20,55H,6,15-16H2,1-3H3,(H2,44,54)(H,56,57,58)(H,59,60,61)(H,62,63,64)(H,65,66,67). The second-order valence-electron chi connectivity index (χ2n) is 15.7. The number of aromatic nitrogens is 3. The van der Waals surface area contributed by atoms with Crippen LogP contribution in [0, 0.1) is 13.8 Å². The summed E-state index contributed by atoms with van der Waals surface area (Å²) in [5.41, 5.74) is 6.85. The fourth-order valence-electron chi connectivity index (χ4n) is 7.47. The first kappa shape index (κ1) is 52.6. The molecule has 5 aromatic carbocycles. The number of benzene rings is 5. The minimum atomic E-state index is -5.17. The summed E-state index contributed by atoms with van der Waals surface area (Å²) in [5.74, 6) is -2.15. The quantitative estimate of drug-likeness (QED) is 0.0281. The van der Waals surface area contributed by atoms with Gasteiger partial charge < -0.3 is 20.3 Å². The molecule has 384 valence electrons. The number of nitrogens with two attached hydrogens (primary N) is 1. The van der Waals surface area contributed by atoms with E-state index in [0.717, 1.165) is 23.5 Å².